The third kappa shape index (κ3) is 5.65. The van der Waals surface area contributed by atoms with Gasteiger partial charge in [0.1, 0.15) is 0 Å². The highest BCUT2D eigenvalue weighted by Crippen LogP contribution is 2.21. The fourth-order valence-electron chi connectivity index (χ4n) is 3.42. The van der Waals surface area contributed by atoms with Gasteiger partial charge in [-0.1, -0.05) is 30.3 Å². The topological polar surface area (TPSA) is 102 Å². The van der Waals surface area contributed by atoms with E-state index >= 15 is 0 Å². The van der Waals surface area contributed by atoms with Crippen molar-refractivity contribution in [2.24, 2.45) is 0 Å². The van der Waals surface area contributed by atoms with Crippen LogP contribution in [0.4, 0.5) is 5.69 Å². The van der Waals surface area contributed by atoms with Crippen LogP contribution in [0.2, 0.25) is 0 Å². The van der Waals surface area contributed by atoms with Crippen molar-refractivity contribution in [2.45, 2.75) is 6.04 Å². The van der Waals surface area contributed by atoms with Gasteiger partial charge >= 0.3 is 17.8 Å². The Kier molecular flexibility index (Phi) is 7.16. The van der Waals surface area contributed by atoms with Crippen LogP contribution in [-0.2, 0) is 9.59 Å². The fourth-order valence-corrected chi connectivity index (χ4v) is 3.42. The van der Waals surface area contributed by atoms with Crippen molar-refractivity contribution < 1.29 is 19.5 Å². The van der Waals surface area contributed by atoms with E-state index in [0.29, 0.717) is 12.2 Å². The van der Waals surface area contributed by atoms with Crippen LogP contribution >= 0.6 is 0 Å². The maximum absolute atomic E-state index is 12.3. The predicted octanol–water partition coefficient (Wildman–Crippen LogP) is 1.43. The molecule has 1 aliphatic rings. The number of carboxylic acid groups (broad SMARTS) is 1. The lowest BCUT2D eigenvalue weighted by Gasteiger charge is -2.38. The first-order valence-corrected chi connectivity index (χ1v) is 9.84. The van der Waals surface area contributed by atoms with E-state index in [4.69, 9.17) is 5.11 Å². The van der Waals surface area contributed by atoms with Gasteiger partial charge in [-0.05, 0) is 36.9 Å². The molecule has 0 radical (unpaired) electrons. The highest BCUT2D eigenvalue weighted by Gasteiger charge is 2.25. The minimum absolute atomic E-state index is 0.0218. The molecule has 8 heteroatoms. The molecule has 0 saturated carbocycles. The van der Waals surface area contributed by atoms with Crippen LogP contribution in [0, 0.1) is 0 Å². The summed E-state index contributed by atoms with van der Waals surface area (Å²) in [7, 11) is 2.09. The second-order valence-electron chi connectivity index (χ2n) is 7.31. The normalized spacial score (nSPS) is 15.9. The lowest BCUT2D eigenvalue weighted by molar-refractivity contribution is -0.136. The van der Waals surface area contributed by atoms with Gasteiger partial charge in [-0.25, -0.2) is 4.79 Å². The number of hydrogen-bond donors (Lipinski definition) is 3. The number of piperazine rings is 1. The van der Waals surface area contributed by atoms with E-state index in [9.17, 15) is 14.4 Å². The van der Waals surface area contributed by atoms with E-state index in [1.165, 1.54) is 24.3 Å². The van der Waals surface area contributed by atoms with Crippen LogP contribution in [0.1, 0.15) is 22.0 Å². The highest BCUT2D eigenvalue weighted by molar-refractivity contribution is 6.39. The Balaban J connectivity index is 1.60. The Labute approximate surface area is 175 Å². The van der Waals surface area contributed by atoms with Gasteiger partial charge in [-0.2, -0.15) is 0 Å². The summed E-state index contributed by atoms with van der Waals surface area (Å²) in [4.78, 5) is 40.1. The summed E-state index contributed by atoms with van der Waals surface area (Å²) in [5.41, 5.74) is 1.56. The third-order valence-electron chi connectivity index (χ3n) is 5.21. The molecule has 3 N–H and O–H groups in total. The number of aromatic carboxylic acids is 1. The molecule has 8 nitrogen and oxygen atoms in total. The smallest absolute Gasteiger partial charge is 0.335 e. The van der Waals surface area contributed by atoms with E-state index < -0.39 is 17.8 Å². The standard InChI is InChI=1S/C22H26N4O4/c1-25-11-13-26(14-12-25)19(16-5-3-2-4-6-16)15-23-20(27)21(28)24-18-9-7-17(8-10-18)22(29)30/h2-10,19H,11-15H2,1H3,(H,23,27)(H,24,28)(H,29,30)/t19-/m0/s1. The largest absolute Gasteiger partial charge is 0.478 e. The van der Waals surface area contributed by atoms with Crippen molar-refractivity contribution in [3.8, 4) is 0 Å². The van der Waals surface area contributed by atoms with Crippen LogP contribution in [0.3, 0.4) is 0 Å². The van der Waals surface area contributed by atoms with Crippen molar-refractivity contribution in [2.75, 3.05) is 45.1 Å². The Morgan fingerprint density at radius 2 is 1.57 bits per heavy atom. The Bertz CT molecular complexity index is 878. The number of carboxylic acids is 1. The van der Waals surface area contributed by atoms with Crippen molar-refractivity contribution in [1.82, 2.24) is 15.1 Å². The number of anilines is 1. The van der Waals surface area contributed by atoms with E-state index in [1.54, 1.807) is 0 Å². The second kappa shape index (κ2) is 10.00. The molecular weight excluding hydrogens is 384 g/mol. The number of hydrogen-bond acceptors (Lipinski definition) is 5. The van der Waals surface area contributed by atoms with E-state index in [2.05, 4.69) is 27.5 Å². The summed E-state index contributed by atoms with van der Waals surface area (Å²) in [6.45, 7) is 3.98. The molecule has 1 saturated heterocycles. The molecule has 0 spiro atoms. The lowest BCUT2D eigenvalue weighted by Crippen LogP contribution is -2.49. The van der Waals surface area contributed by atoms with Gasteiger partial charge in [0.05, 0.1) is 11.6 Å². The number of rotatable bonds is 6. The Morgan fingerprint density at radius 3 is 2.17 bits per heavy atom. The maximum Gasteiger partial charge on any atom is 0.335 e. The number of likely N-dealkylation sites (N-methyl/N-ethyl adjacent to an activating group) is 1. The zero-order valence-corrected chi connectivity index (χ0v) is 16.9. The average molecular weight is 410 g/mol. The number of carbonyl (C=O) groups excluding carboxylic acids is 2. The van der Waals surface area contributed by atoms with Crippen LogP contribution in [0.15, 0.2) is 54.6 Å². The zero-order valence-electron chi connectivity index (χ0n) is 16.9. The minimum Gasteiger partial charge on any atom is -0.478 e. The number of carbonyl (C=O) groups is 3. The van der Waals surface area contributed by atoms with Crippen molar-refractivity contribution >= 4 is 23.5 Å². The van der Waals surface area contributed by atoms with Crippen LogP contribution in [-0.4, -0.2) is 72.5 Å². The monoisotopic (exact) mass is 410 g/mol. The molecular formula is C22H26N4O4. The highest BCUT2D eigenvalue weighted by atomic mass is 16.4. The molecule has 0 unspecified atom stereocenters. The summed E-state index contributed by atoms with van der Waals surface area (Å²) in [6, 6.07) is 15.6. The number of amides is 2. The predicted molar refractivity (Wildman–Crippen MR) is 113 cm³/mol. The summed E-state index contributed by atoms with van der Waals surface area (Å²) >= 11 is 0. The van der Waals surface area contributed by atoms with Gasteiger partial charge in [0.25, 0.3) is 0 Å². The first-order chi connectivity index (χ1) is 14.4. The fraction of sp³-hybridized carbons (Fsp3) is 0.318. The number of nitrogens with one attached hydrogen (secondary N) is 2. The van der Waals surface area contributed by atoms with Gasteiger partial charge in [0.15, 0.2) is 0 Å². The van der Waals surface area contributed by atoms with E-state index in [-0.39, 0.29) is 11.6 Å². The number of benzene rings is 2. The Morgan fingerprint density at radius 1 is 0.933 bits per heavy atom. The molecule has 2 aromatic carbocycles. The first-order valence-electron chi connectivity index (χ1n) is 9.84. The molecule has 1 aliphatic heterocycles. The molecule has 2 amide bonds. The molecule has 1 fully saturated rings. The molecule has 1 atom stereocenters. The maximum atomic E-state index is 12.3. The molecule has 0 aliphatic carbocycles. The van der Waals surface area contributed by atoms with Gasteiger partial charge in [-0.3, -0.25) is 14.5 Å². The molecule has 1 heterocycles. The van der Waals surface area contributed by atoms with E-state index in [0.717, 1.165) is 31.7 Å². The third-order valence-corrected chi connectivity index (χ3v) is 5.21. The van der Waals surface area contributed by atoms with Crippen LogP contribution in [0.25, 0.3) is 0 Å². The lowest BCUT2D eigenvalue weighted by atomic mass is 10.0. The second-order valence-corrected chi connectivity index (χ2v) is 7.31. The number of nitrogens with zero attached hydrogens (tertiary/aromatic N) is 2. The molecule has 0 bridgehead atoms. The van der Waals surface area contributed by atoms with Gasteiger partial charge < -0.3 is 20.6 Å². The van der Waals surface area contributed by atoms with Crippen molar-refractivity contribution in [1.29, 1.82) is 0 Å². The van der Waals surface area contributed by atoms with Crippen molar-refractivity contribution in [3.63, 3.8) is 0 Å². The average Bonchev–Trinajstić information content (AvgIpc) is 2.76. The molecule has 0 aromatic heterocycles. The summed E-state index contributed by atoms with van der Waals surface area (Å²) in [5, 5.41) is 14.2. The first kappa shape index (κ1) is 21.5. The minimum atomic E-state index is -1.05. The van der Waals surface area contributed by atoms with Gasteiger partial charge in [-0.15, -0.1) is 0 Å². The summed E-state index contributed by atoms with van der Waals surface area (Å²) < 4.78 is 0. The zero-order chi connectivity index (χ0) is 21.5. The summed E-state index contributed by atoms with van der Waals surface area (Å²) in [6.07, 6.45) is 0. The molecule has 30 heavy (non-hydrogen) atoms. The molecule has 158 valence electrons. The Hall–Kier alpha value is -3.23. The quantitative estimate of drug-likeness (QED) is 0.623. The van der Waals surface area contributed by atoms with Gasteiger partial charge in [0, 0.05) is 38.4 Å². The van der Waals surface area contributed by atoms with Gasteiger partial charge in [0.2, 0.25) is 0 Å². The van der Waals surface area contributed by atoms with Crippen LogP contribution < -0.4 is 10.6 Å². The van der Waals surface area contributed by atoms with Crippen LogP contribution in [0.5, 0.6) is 0 Å². The molecule has 3 rings (SSSR count). The SMILES string of the molecule is CN1CCN([C@@H](CNC(=O)C(=O)Nc2ccc(C(=O)O)cc2)c2ccccc2)CC1. The van der Waals surface area contributed by atoms with E-state index in [1.807, 2.05) is 30.3 Å². The molecule has 2 aromatic rings. The van der Waals surface area contributed by atoms with Crippen molar-refractivity contribution in [3.05, 3.63) is 65.7 Å². The summed E-state index contributed by atoms with van der Waals surface area (Å²) in [5.74, 6) is -2.57.